The minimum Gasteiger partial charge on any atom is -0.351 e. The highest BCUT2D eigenvalue weighted by atomic mass is 32.2. The zero-order valence-corrected chi connectivity index (χ0v) is 17.4. The molecule has 3 N–H and O–H groups in total. The lowest BCUT2D eigenvalue weighted by Crippen LogP contribution is -2.25. The number of carbonyl (C=O) groups is 1. The normalized spacial score (nSPS) is 11.2. The van der Waals surface area contributed by atoms with Crippen molar-refractivity contribution in [1.29, 1.82) is 0 Å². The lowest BCUT2D eigenvalue weighted by molar-refractivity contribution is 0.0956. The van der Waals surface area contributed by atoms with Gasteiger partial charge in [0.1, 0.15) is 0 Å². The number of hydrogen-bond acceptors (Lipinski definition) is 6. The number of nitrogens with one attached hydrogen (secondary N) is 3. The van der Waals surface area contributed by atoms with Crippen LogP contribution in [0.15, 0.2) is 59.8 Å². The number of carbonyl (C=O) groups excluding carboxylic acids is 1. The Balaban J connectivity index is 1.45. The van der Waals surface area contributed by atoms with Gasteiger partial charge in [0.05, 0.1) is 5.75 Å². The summed E-state index contributed by atoms with van der Waals surface area (Å²) in [6, 6.07) is 16.0. The highest BCUT2D eigenvalue weighted by Gasteiger charge is 2.09. The molecule has 8 nitrogen and oxygen atoms in total. The van der Waals surface area contributed by atoms with Crippen molar-refractivity contribution in [1.82, 2.24) is 20.5 Å². The van der Waals surface area contributed by atoms with Gasteiger partial charge in [-0.2, -0.15) is 0 Å². The number of aromatic nitrogens is 3. The summed E-state index contributed by atoms with van der Waals surface area (Å²) in [5, 5.41) is 10.5. The lowest BCUT2D eigenvalue weighted by atomic mass is 10.2. The smallest absolute Gasteiger partial charge is 0.251 e. The topological polar surface area (TPSA) is 117 Å². The van der Waals surface area contributed by atoms with E-state index in [9.17, 15) is 13.2 Å². The molecule has 1 heterocycles. The Morgan fingerprint density at radius 2 is 1.83 bits per heavy atom. The van der Waals surface area contributed by atoms with Gasteiger partial charge in [-0.15, -0.1) is 5.10 Å². The zero-order valence-electron chi connectivity index (χ0n) is 15.8. The van der Waals surface area contributed by atoms with Gasteiger partial charge in [-0.3, -0.25) is 14.6 Å². The summed E-state index contributed by atoms with van der Waals surface area (Å²) >= 11 is 1.44. The first-order valence-electron chi connectivity index (χ1n) is 8.96. The van der Waals surface area contributed by atoms with E-state index in [-0.39, 0.29) is 11.7 Å². The molecule has 0 saturated carbocycles. The van der Waals surface area contributed by atoms with E-state index in [1.165, 1.54) is 11.8 Å². The summed E-state index contributed by atoms with van der Waals surface area (Å²) in [7, 11) is -3.33. The number of hydrogen-bond donors (Lipinski definition) is 3. The Morgan fingerprint density at radius 3 is 2.52 bits per heavy atom. The molecule has 0 aliphatic carbocycles. The minimum atomic E-state index is -3.33. The van der Waals surface area contributed by atoms with Crippen LogP contribution in [0, 0.1) is 0 Å². The van der Waals surface area contributed by atoms with Gasteiger partial charge >= 0.3 is 0 Å². The molecule has 0 bridgehead atoms. The molecular formula is C19H21N5O3S2. The molecule has 0 saturated heterocycles. The van der Waals surface area contributed by atoms with Crippen molar-refractivity contribution in [2.24, 2.45) is 0 Å². The second-order valence-corrected chi connectivity index (χ2v) is 9.09. The van der Waals surface area contributed by atoms with Gasteiger partial charge < -0.3 is 5.32 Å². The van der Waals surface area contributed by atoms with Crippen LogP contribution in [0.25, 0.3) is 11.4 Å². The van der Waals surface area contributed by atoms with E-state index in [1.54, 1.807) is 31.2 Å². The van der Waals surface area contributed by atoms with Crippen molar-refractivity contribution in [3.63, 3.8) is 0 Å². The molecule has 152 valence electrons. The molecule has 3 rings (SSSR count). The Bertz CT molecular complexity index is 1050. The Hall–Kier alpha value is -2.85. The third kappa shape index (κ3) is 6.06. The number of amides is 1. The van der Waals surface area contributed by atoms with Gasteiger partial charge in [-0.1, -0.05) is 42.1 Å². The Kier molecular flexibility index (Phi) is 6.89. The first-order chi connectivity index (χ1) is 14.0. The molecule has 0 unspecified atom stereocenters. The molecule has 3 aromatic rings. The SMILES string of the molecule is CCS(=O)(=O)Nc1ccc(C(=O)NCCSc2n[nH]c(-c3ccccc3)n2)cc1. The van der Waals surface area contributed by atoms with Crippen LogP contribution < -0.4 is 10.0 Å². The van der Waals surface area contributed by atoms with E-state index in [0.29, 0.717) is 34.5 Å². The number of nitrogens with zero attached hydrogens (tertiary/aromatic N) is 2. The van der Waals surface area contributed by atoms with Crippen LogP contribution in [-0.4, -0.2) is 47.6 Å². The van der Waals surface area contributed by atoms with Crippen molar-refractivity contribution >= 4 is 33.4 Å². The maximum absolute atomic E-state index is 12.2. The maximum Gasteiger partial charge on any atom is 0.251 e. The molecule has 0 aliphatic rings. The predicted molar refractivity (Wildman–Crippen MR) is 114 cm³/mol. The van der Waals surface area contributed by atoms with Gasteiger partial charge in [0.2, 0.25) is 15.2 Å². The molecule has 2 aromatic carbocycles. The van der Waals surface area contributed by atoms with Crippen LogP contribution in [0.3, 0.4) is 0 Å². The van der Waals surface area contributed by atoms with Gasteiger partial charge in [0.15, 0.2) is 5.82 Å². The molecule has 1 aromatic heterocycles. The molecule has 0 radical (unpaired) electrons. The van der Waals surface area contributed by atoms with Gasteiger partial charge in [-0.25, -0.2) is 13.4 Å². The third-order valence-electron chi connectivity index (χ3n) is 3.93. The van der Waals surface area contributed by atoms with Gasteiger partial charge in [-0.05, 0) is 31.2 Å². The summed E-state index contributed by atoms with van der Waals surface area (Å²) < 4.78 is 25.6. The molecule has 29 heavy (non-hydrogen) atoms. The average molecular weight is 432 g/mol. The standard InChI is InChI=1S/C19H21N5O3S2/c1-2-29(26,27)24-16-10-8-15(9-11-16)18(25)20-12-13-28-19-21-17(22-23-19)14-6-4-3-5-7-14/h3-11,24H,2,12-13H2,1H3,(H,20,25)(H,21,22,23). The van der Waals surface area contributed by atoms with Crippen molar-refractivity contribution in [2.75, 3.05) is 22.8 Å². The Morgan fingerprint density at radius 1 is 1.10 bits per heavy atom. The zero-order chi connectivity index (χ0) is 20.7. The minimum absolute atomic E-state index is 0.00932. The van der Waals surface area contributed by atoms with E-state index in [4.69, 9.17) is 0 Å². The van der Waals surface area contributed by atoms with Crippen molar-refractivity contribution in [2.45, 2.75) is 12.1 Å². The summed E-state index contributed by atoms with van der Waals surface area (Å²) in [6.07, 6.45) is 0. The molecule has 0 fully saturated rings. The monoisotopic (exact) mass is 431 g/mol. The van der Waals surface area contributed by atoms with Crippen molar-refractivity contribution in [3.05, 3.63) is 60.2 Å². The molecule has 0 aliphatic heterocycles. The van der Waals surface area contributed by atoms with Crippen LogP contribution in [0.5, 0.6) is 0 Å². The van der Waals surface area contributed by atoms with Crippen LogP contribution in [0.1, 0.15) is 17.3 Å². The average Bonchev–Trinajstić information content (AvgIpc) is 3.21. The third-order valence-corrected chi connectivity index (χ3v) is 6.09. The summed E-state index contributed by atoms with van der Waals surface area (Å²) in [4.78, 5) is 16.6. The highest BCUT2D eigenvalue weighted by molar-refractivity contribution is 7.99. The number of sulfonamides is 1. The fourth-order valence-corrected chi connectivity index (χ4v) is 3.68. The fourth-order valence-electron chi connectivity index (χ4n) is 2.39. The second kappa shape index (κ2) is 9.57. The first kappa shape index (κ1) is 20.9. The van der Waals surface area contributed by atoms with Crippen LogP contribution in [-0.2, 0) is 10.0 Å². The van der Waals surface area contributed by atoms with Crippen molar-refractivity contribution < 1.29 is 13.2 Å². The molecule has 10 heteroatoms. The second-order valence-electron chi connectivity index (χ2n) is 6.02. The number of anilines is 1. The van der Waals surface area contributed by atoms with E-state index in [1.807, 2.05) is 30.3 Å². The number of H-pyrrole nitrogens is 1. The Labute approximate surface area is 173 Å². The molecular weight excluding hydrogens is 410 g/mol. The van der Waals surface area contributed by atoms with Crippen LogP contribution in [0.4, 0.5) is 5.69 Å². The van der Waals surface area contributed by atoms with E-state index in [2.05, 4.69) is 25.2 Å². The molecule has 0 spiro atoms. The number of benzene rings is 2. The first-order valence-corrected chi connectivity index (χ1v) is 11.6. The molecule has 1 amide bonds. The van der Waals surface area contributed by atoms with Crippen LogP contribution >= 0.6 is 11.8 Å². The quantitative estimate of drug-likeness (QED) is 0.354. The lowest BCUT2D eigenvalue weighted by Gasteiger charge is -2.07. The van der Waals surface area contributed by atoms with Gasteiger partial charge in [0, 0.05) is 29.1 Å². The summed E-state index contributed by atoms with van der Waals surface area (Å²) in [5.74, 6) is 1.09. The van der Waals surface area contributed by atoms with Crippen molar-refractivity contribution in [3.8, 4) is 11.4 Å². The van der Waals surface area contributed by atoms with E-state index >= 15 is 0 Å². The largest absolute Gasteiger partial charge is 0.351 e. The number of thioether (sulfide) groups is 1. The molecule has 0 atom stereocenters. The van der Waals surface area contributed by atoms with Gasteiger partial charge in [0.25, 0.3) is 5.91 Å². The predicted octanol–water partition coefficient (Wildman–Crippen LogP) is 2.76. The number of aromatic amines is 1. The van der Waals surface area contributed by atoms with E-state index in [0.717, 1.165) is 5.56 Å². The van der Waals surface area contributed by atoms with Crippen LogP contribution in [0.2, 0.25) is 0 Å². The number of rotatable bonds is 9. The summed E-state index contributed by atoms with van der Waals surface area (Å²) in [6.45, 7) is 2.01. The fraction of sp³-hybridized carbons (Fsp3) is 0.211. The maximum atomic E-state index is 12.2. The highest BCUT2D eigenvalue weighted by Crippen LogP contribution is 2.18. The van der Waals surface area contributed by atoms with E-state index < -0.39 is 10.0 Å². The summed E-state index contributed by atoms with van der Waals surface area (Å²) in [5.41, 5.74) is 1.85.